The van der Waals surface area contributed by atoms with Crippen molar-refractivity contribution in [2.75, 3.05) is 26.3 Å². The molecule has 0 aliphatic carbocycles. The van der Waals surface area contributed by atoms with Crippen LogP contribution in [0, 0.1) is 5.92 Å². The van der Waals surface area contributed by atoms with Crippen molar-refractivity contribution in [1.82, 2.24) is 9.62 Å². The molecular formula is C9H18N2O2S. The largest absolute Gasteiger partial charge is 0.377 e. The van der Waals surface area contributed by atoms with Crippen LogP contribution in [0.15, 0.2) is 0 Å². The Kier molecular flexibility index (Phi) is 4.71. The molecule has 14 heavy (non-hydrogen) atoms. The van der Waals surface area contributed by atoms with E-state index in [2.05, 4.69) is 17.5 Å². The third-order valence-corrected chi connectivity index (χ3v) is 2.51. The van der Waals surface area contributed by atoms with Gasteiger partial charge in [0.2, 0.25) is 5.91 Å². The van der Waals surface area contributed by atoms with Crippen LogP contribution in [0.4, 0.5) is 0 Å². The molecule has 0 saturated carbocycles. The van der Waals surface area contributed by atoms with E-state index < -0.39 is 0 Å². The molecule has 1 heterocycles. The first kappa shape index (κ1) is 11.8. The zero-order valence-corrected chi connectivity index (χ0v) is 9.59. The molecule has 1 N–H and O–H groups in total. The van der Waals surface area contributed by atoms with Crippen LogP contribution in [0.2, 0.25) is 0 Å². The molecule has 1 amide bonds. The monoisotopic (exact) mass is 218 g/mol. The predicted octanol–water partition coefficient (Wildman–Crippen LogP) is 0.304. The summed E-state index contributed by atoms with van der Waals surface area (Å²) in [6.45, 7) is 6.44. The lowest BCUT2D eigenvalue weighted by Crippen LogP contribution is -2.53. The van der Waals surface area contributed by atoms with E-state index in [-0.39, 0.29) is 17.9 Å². The Labute approximate surface area is 90.5 Å². The fourth-order valence-electron chi connectivity index (χ4n) is 1.55. The SMILES string of the molecule is CC(C)C(=O)N1CCOCC1CNS. The van der Waals surface area contributed by atoms with E-state index in [1.165, 1.54) is 0 Å². The van der Waals surface area contributed by atoms with Gasteiger partial charge in [0.05, 0.1) is 19.3 Å². The predicted molar refractivity (Wildman–Crippen MR) is 58.1 cm³/mol. The van der Waals surface area contributed by atoms with E-state index in [0.717, 1.165) is 0 Å². The fraction of sp³-hybridized carbons (Fsp3) is 0.889. The molecule has 0 aromatic carbocycles. The number of rotatable bonds is 3. The number of hydrogen-bond acceptors (Lipinski definition) is 4. The van der Waals surface area contributed by atoms with Gasteiger partial charge in [0, 0.05) is 19.0 Å². The number of hydrogen-bond donors (Lipinski definition) is 2. The lowest BCUT2D eigenvalue weighted by atomic mass is 10.1. The number of amides is 1. The van der Waals surface area contributed by atoms with E-state index in [9.17, 15) is 4.79 Å². The van der Waals surface area contributed by atoms with Crippen LogP contribution in [-0.2, 0) is 9.53 Å². The lowest BCUT2D eigenvalue weighted by molar-refractivity contribution is -0.142. The molecule has 1 aliphatic rings. The Morgan fingerprint density at radius 2 is 2.43 bits per heavy atom. The van der Waals surface area contributed by atoms with Gasteiger partial charge in [0.15, 0.2) is 0 Å². The average molecular weight is 218 g/mol. The standard InChI is InChI=1S/C9H18N2O2S/c1-7(2)9(12)11-3-4-13-6-8(11)5-10-14/h7-8,10,14H,3-6H2,1-2H3. The van der Waals surface area contributed by atoms with Crippen LogP contribution >= 0.6 is 12.8 Å². The number of morpholine rings is 1. The van der Waals surface area contributed by atoms with Crippen LogP contribution in [-0.4, -0.2) is 43.2 Å². The Morgan fingerprint density at radius 1 is 1.71 bits per heavy atom. The van der Waals surface area contributed by atoms with E-state index in [1.54, 1.807) is 0 Å². The number of nitrogens with one attached hydrogen (secondary N) is 1. The highest BCUT2D eigenvalue weighted by molar-refractivity contribution is 7.78. The summed E-state index contributed by atoms with van der Waals surface area (Å²) >= 11 is 3.95. The second-order valence-corrected chi connectivity index (χ2v) is 4.09. The molecule has 0 spiro atoms. The first-order valence-corrected chi connectivity index (χ1v) is 5.36. The molecule has 1 rings (SSSR count). The van der Waals surface area contributed by atoms with Crippen molar-refractivity contribution in [3.63, 3.8) is 0 Å². The van der Waals surface area contributed by atoms with Crippen molar-refractivity contribution in [3.8, 4) is 0 Å². The maximum Gasteiger partial charge on any atom is 0.225 e. The van der Waals surface area contributed by atoms with E-state index in [4.69, 9.17) is 4.74 Å². The molecule has 1 atom stereocenters. The third-order valence-electron chi connectivity index (χ3n) is 2.33. The van der Waals surface area contributed by atoms with Gasteiger partial charge in [-0.05, 0) is 0 Å². The Balaban J connectivity index is 2.57. The van der Waals surface area contributed by atoms with Gasteiger partial charge < -0.3 is 9.64 Å². The van der Waals surface area contributed by atoms with Gasteiger partial charge >= 0.3 is 0 Å². The summed E-state index contributed by atoms with van der Waals surface area (Å²) in [5, 5.41) is 0. The molecule has 1 unspecified atom stereocenters. The summed E-state index contributed by atoms with van der Waals surface area (Å²) in [5.74, 6) is 0.248. The second-order valence-electron chi connectivity index (χ2n) is 3.78. The molecule has 5 heteroatoms. The molecule has 0 radical (unpaired) electrons. The van der Waals surface area contributed by atoms with Crippen LogP contribution in [0.3, 0.4) is 0 Å². The zero-order chi connectivity index (χ0) is 10.6. The summed E-state index contributed by atoms with van der Waals surface area (Å²) in [6, 6.07) is 0.121. The number of nitrogens with zero attached hydrogens (tertiary/aromatic N) is 1. The average Bonchev–Trinajstić information content (AvgIpc) is 2.18. The van der Waals surface area contributed by atoms with Crippen molar-refractivity contribution in [3.05, 3.63) is 0 Å². The molecule has 0 bridgehead atoms. The van der Waals surface area contributed by atoms with Gasteiger partial charge in [-0.15, -0.1) is 0 Å². The van der Waals surface area contributed by atoms with Crippen LogP contribution in [0.5, 0.6) is 0 Å². The van der Waals surface area contributed by atoms with Gasteiger partial charge in [-0.2, -0.15) is 0 Å². The molecule has 82 valence electrons. The first-order chi connectivity index (χ1) is 6.66. The highest BCUT2D eigenvalue weighted by Gasteiger charge is 2.27. The first-order valence-electron chi connectivity index (χ1n) is 4.92. The highest BCUT2D eigenvalue weighted by atomic mass is 32.1. The minimum absolute atomic E-state index is 0.0514. The lowest BCUT2D eigenvalue weighted by Gasteiger charge is -2.36. The van der Waals surface area contributed by atoms with Gasteiger partial charge in [-0.25, -0.2) is 0 Å². The minimum atomic E-state index is 0.0514. The van der Waals surface area contributed by atoms with Crippen molar-refractivity contribution < 1.29 is 9.53 Å². The molecule has 1 aliphatic heterocycles. The molecule has 0 aromatic heterocycles. The van der Waals surface area contributed by atoms with Gasteiger partial charge in [-0.3, -0.25) is 9.52 Å². The van der Waals surface area contributed by atoms with Crippen LogP contribution in [0.25, 0.3) is 0 Å². The topological polar surface area (TPSA) is 41.6 Å². The second kappa shape index (κ2) is 5.58. The van der Waals surface area contributed by atoms with Crippen molar-refractivity contribution in [2.45, 2.75) is 19.9 Å². The minimum Gasteiger partial charge on any atom is -0.377 e. The number of thiol groups is 1. The summed E-state index contributed by atoms with van der Waals surface area (Å²) in [7, 11) is 0. The Bertz CT molecular complexity index is 197. The number of carbonyl (C=O) groups is 1. The smallest absolute Gasteiger partial charge is 0.225 e. The summed E-state index contributed by atoms with van der Waals surface area (Å²) in [4.78, 5) is 13.7. The number of ether oxygens (including phenoxy) is 1. The zero-order valence-electron chi connectivity index (χ0n) is 8.69. The third kappa shape index (κ3) is 2.87. The molecule has 0 aromatic rings. The van der Waals surface area contributed by atoms with Gasteiger partial charge in [0.1, 0.15) is 0 Å². The van der Waals surface area contributed by atoms with E-state index >= 15 is 0 Å². The van der Waals surface area contributed by atoms with Gasteiger partial charge in [0.25, 0.3) is 0 Å². The Hall–Kier alpha value is -0.260. The molecule has 1 fully saturated rings. The summed E-state index contributed by atoms with van der Waals surface area (Å²) < 4.78 is 8.11. The van der Waals surface area contributed by atoms with Crippen LogP contribution in [0.1, 0.15) is 13.8 Å². The maximum absolute atomic E-state index is 11.8. The van der Waals surface area contributed by atoms with Crippen molar-refractivity contribution in [1.29, 1.82) is 0 Å². The van der Waals surface area contributed by atoms with Crippen molar-refractivity contribution in [2.24, 2.45) is 5.92 Å². The molecule has 1 saturated heterocycles. The van der Waals surface area contributed by atoms with E-state index in [0.29, 0.717) is 26.3 Å². The van der Waals surface area contributed by atoms with Gasteiger partial charge in [-0.1, -0.05) is 26.7 Å². The number of carbonyl (C=O) groups excluding carboxylic acids is 1. The maximum atomic E-state index is 11.8. The van der Waals surface area contributed by atoms with Crippen molar-refractivity contribution >= 4 is 18.7 Å². The summed E-state index contributed by atoms with van der Waals surface area (Å²) in [6.07, 6.45) is 0. The Morgan fingerprint density at radius 3 is 3.00 bits per heavy atom. The quantitative estimate of drug-likeness (QED) is 0.670. The normalized spacial score (nSPS) is 22.9. The fourth-order valence-corrected chi connectivity index (χ4v) is 1.76. The van der Waals surface area contributed by atoms with Crippen LogP contribution < -0.4 is 4.72 Å². The van der Waals surface area contributed by atoms with E-state index in [1.807, 2.05) is 18.7 Å². The summed E-state index contributed by atoms with van der Waals surface area (Å²) in [5.41, 5.74) is 0. The molecule has 4 nitrogen and oxygen atoms in total. The highest BCUT2D eigenvalue weighted by Crippen LogP contribution is 2.10. The molecular weight excluding hydrogens is 200 g/mol.